The van der Waals surface area contributed by atoms with E-state index in [-0.39, 0.29) is 35.2 Å². The Hall–Kier alpha value is -1.59. The minimum Gasteiger partial charge on any atom is -0.353 e. The lowest BCUT2D eigenvalue weighted by molar-refractivity contribution is -0.137. The molecular formula is C18H31N3O3. The van der Waals surface area contributed by atoms with Crippen LogP contribution in [0.3, 0.4) is 0 Å². The normalized spacial score (nSPS) is 22.8. The van der Waals surface area contributed by atoms with E-state index in [4.69, 9.17) is 0 Å². The molecule has 1 unspecified atom stereocenters. The van der Waals surface area contributed by atoms with Crippen LogP contribution < -0.4 is 5.32 Å². The van der Waals surface area contributed by atoms with Gasteiger partial charge in [0.2, 0.25) is 17.7 Å². The smallest absolute Gasteiger partial charge is 0.227 e. The molecule has 1 N–H and O–H groups in total. The summed E-state index contributed by atoms with van der Waals surface area (Å²) in [4.78, 5) is 40.2. The van der Waals surface area contributed by atoms with Crippen molar-refractivity contribution in [2.75, 3.05) is 19.6 Å². The maximum absolute atomic E-state index is 12.7. The van der Waals surface area contributed by atoms with Crippen molar-refractivity contribution < 1.29 is 14.4 Å². The van der Waals surface area contributed by atoms with Crippen molar-refractivity contribution in [1.29, 1.82) is 0 Å². The van der Waals surface area contributed by atoms with Crippen LogP contribution in [0.15, 0.2) is 0 Å². The van der Waals surface area contributed by atoms with Gasteiger partial charge in [0.05, 0.1) is 5.92 Å². The highest BCUT2D eigenvalue weighted by Gasteiger charge is 2.41. The second-order valence-electron chi connectivity index (χ2n) is 7.99. The van der Waals surface area contributed by atoms with E-state index in [1.165, 1.54) is 0 Å². The molecule has 1 atom stereocenters. The summed E-state index contributed by atoms with van der Waals surface area (Å²) in [6.07, 6.45) is 3.33. The molecule has 24 heavy (non-hydrogen) atoms. The first kappa shape index (κ1) is 18.7. The molecule has 6 nitrogen and oxygen atoms in total. The Kier molecular flexibility index (Phi) is 5.88. The summed E-state index contributed by atoms with van der Waals surface area (Å²) in [7, 11) is 0. The van der Waals surface area contributed by atoms with E-state index in [0.29, 0.717) is 32.5 Å². The van der Waals surface area contributed by atoms with Crippen LogP contribution in [0, 0.1) is 5.92 Å². The van der Waals surface area contributed by atoms with Gasteiger partial charge in [-0.15, -0.1) is 0 Å². The summed E-state index contributed by atoms with van der Waals surface area (Å²) >= 11 is 0. The van der Waals surface area contributed by atoms with Crippen LogP contribution in [-0.2, 0) is 14.4 Å². The van der Waals surface area contributed by atoms with E-state index >= 15 is 0 Å². The zero-order valence-electron chi connectivity index (χ0n) is 15.4. The lowest BCUT2D eigenvalue weighted by Gasteiger charge is -2.35. The van der Waals surface area contributed by atoms with Crippen LogP contribution in [0.2, 0.25) is 0 Å². The van der Waals surface area contributed by atoms with Crippen molar-refractivity contribution in [1.82, 2.24) is 15.1 Å². The number of hydrogen-bond acceptors (Lipinski definition) is 3. The molecule has 2 aliphatic heterocycles. The SMILES string of the molecule is CCCC(=O)NC1CCN(C(=O)C2CC(=O)N(C(C)(C)C)C2)CC1. The number of hydrogen-bond donors (Lipinski definition) is 1. The predicted octanol–water partition coefficient (Wildman–Crippen LogP) is 1.54. The molecule has 0 aromatic carbocycles. The van der Waals surface area contributed by atoms with Crippen LogP contribution in [0.4, 0.5) is 0 Å². The first-order chi connectivity index (χ1) is 11.2. The van der Waals surface area contributed by atoms with Gasteiger partial charge in [0.1, 0.15) is 0 Å². The molecule has 2 fully saturated rings. The molecule has 2 saturated heterocycles. The molecule has 3 amide bonds. The van der Waals surface area contributed by atoms with Gasteiger partial charge < -0.3 is 15.1 Å². The Bertz CT molecular complexity index is 490. The maximum atomic E-state index is 12.7. The fourth-order valence-corrected chi connectivity index (χ4v) is 3.55. The first-order valence-corrected chi connectivity index (χ1v) is 9.11. The van der Waals surface area contributed by atoms with Gasteiger partial charge in [-0.1, -0.05) is 6.92 Å². The van der Waals surface area contributed by atoms with Gasteiger partial charge in [-0.3, -0.25) is 14.4 Å². The van der Waals surface area contributed by atoms with Gasteiger partial charge in [-0.05, 0) is 40.0 Å². The van der Waals surface area contributed by atoms with Crippen LogP contribution in [0.1, 0.15) is 59.8 Å². The van der Waals surface area contributed by atoms with Crippen molar-refractivity contribution in [2.24, 2.45) is 5.92 Å². The fourth-order valence-electron chi connectivity index (χ4n) is 3.55. The molecule has 0 bridgehead atoms. The third-order valence-electron chi connectivity index (χ3n) is 4.93. The lowest BCUT2D eigenvalue weighted by atomic mass is 10.0. The molecule has 0 aromatic heterocycles. The Labute approximate surface area is 144 Å². The standard InChI is InChI=1S/C18H31N3O3/c1-5-6-15(22)19-14-7-9-20(10-8-14)17(24)13-11-16(23)21(12-13)18(2,3)4/h13-14H,5-12H2,1-4H3,(H,19,22). The number of carbonyl (C=O) groups is 3. The minimum atomic E-state index is -0.233. The largest absolute Gasteiger partial charge is 0.353 e. The highest BCUT2D eigenvalue weighted by atomic mass is 16.2. The summed E-state index contributed by atoms with van der Waals surface area (Å²) < 4.78 is 0. The molecule has 2 rings (SSSR count). The average Bonchev–Trinajstić information content (AvgIpc) is 2.89. The minimum absolute atomic E-state index is 0.0718. The second kappa shape index (κ2) is 7.53. The molecule has 136 valence electrons. The van der Waals surface area contributed by atoms with Gasteiger partial charge in [0.25, 0.3) is 0 Å². The molecule has 2 heterocycles. The van der Waals surface area contributed by atoms with E-state index in [1.807, 2.05) is 37.5 Å². The van der Waals surface area contributed by atoms with Crippen LogP contribution >= 0.6 is 0 Å². The fraction of sp³-hybridized carbons (Fsp3) is 0.833. The Morgan fingerprint density at radius 3 is 2.33 bits per heavy atom. The number of likely N-dealkylation sites (tertiary alicyclic amines) is 2. The van der Waals surface area contributed by atoms with E-state index in [1.54, 1.807) is 0 Å². The average molecular weight is 337 g/mol. The summed E-state index contributed by atoms with van der Waals surface area (Å²) in [5, 5.41) is 3.04. The van der Waals surface area contributed by atoms with E-state index in [9.17, 15) is 14.4 Å². The predicted molar refractivity (Wildman–Crippen MR) is 92.2 cm³/mol. The second-order valence-corrected chi connectivity index (χ2v) is 7.99. The highest BCUT2D eigenvalue weighted by molar-refractivity contribution is 5.89. The van der Waals surface area contributed by atoms with Crippen molar-refractivity contribution in [3.8, 4) is 0 Å². The quantitative estimate of drug-likeness (QED) is 0.846. The third-order valence-corrected chi connectivity index (χ3v) is 4.93. The molecule has 0 spiro atoms. The zero-order chi connectivity index (χ0) is 17.9. The summed E-state index contributed by atoms with van der Waals surface area (Å²) in [5.74, 6) is 0.0449. The van der Waals surface area contributed by atoms with Gasteiger partial charge in [0.15, 0.2) is 0 Å². The van der Waals surface area contributed by atoms with Gasteiger partial charge in [-0.2, -0.15) is 0 Å². The molecule has 0 aromatic rings. The third kappa shape index (κ3) is 4.48. The number of piperidine rings is 1. The monoisotopic (exact) mass is 337 g/mol. The lowest BCUT2D eigenvalue weighted by Crippen LogP contribution is -2.48. The Morgan fingerprint density at radius 1 is 1.21 bits per heavy atom. The molecule has 2 aliphatic rings. The van der Waals surface area contributed by atoms with Crippen LogP contribution in [0.5, 0.6) is 0 Å². The molecule has 6 heteroatoms. The van der Waals surface area contributed by atoms with Gasteiger partial charge in [0, 0.05) is 44.1 Å². The Morgan fingerprint density at radius 2 is 1.83 bits per heavy atom. The zero-order valence-corrected chi connectivity index (χ0v) is 15.4. The number of rotatable bonds is 4. The summed E-state index contributed by atoms with van der Waals surface area (Å²) in [6, 6.07) is 0.171. The van der Waals surface area contributed by atoms with Gasteiger partial charge in [-0.25, -0.2) is 0 Å². The van der Waals surface area contributed by atoms with Crippen molar-refractivity contribution in [3.05, 3.63) is 0 Å². The number of carbonyl (C=O) groups excluding carboxylic acids is 3. The van der Waals surface area contributed by atoms with Crippen molar-refractivity contribution in [3.63, 3.8) is 0 Å². The van der Waals surface area contributed by atoms with Crippen molar-refractivity contribution in [2.45, 2.75) is 71.4 Å². The number of nitrogens with zero attached hydrogens (tertiary/aromatic N) is 2. The summed E-state index contributed by atoms with van der Waals surface area (Å²) in [6.45, 7) is 9.85. The van der Waals surface area contributed by atoms with Crippen molar-refractivity contribution >= 4 is 17.7 Å². The summed E-state index contributed by atoms with van der Waals surface area (Å²) in [5.41, 5.74) is -0.233. The molecular weight excluding hydrogens is 306 g/mol. The molecule has 0 radical (unpaired) electrons. The first-order valence-electron chi connectivity index (χ1n) is 9.11. The van der Waals surface area contributed by atoms with Crippen LogP contribution in [-0.4, -0.2) is 58.7 Å². The molecule has 0 aliphatic carbocycles. The number of nitrogens with one attached hydrogen (secondary N) is 1. The highest BCUT2D eigenvalue weighted by Crippen LogP contribution is 2.27. The Balaban J connectivity index is 1.83. The number of amides is 3. The van der Waals surface area contributed by atoms with E-state index in [2.05, 4.69) is 5.32 Å². The maximum Gasteiger partial charge on any atom is 0.227 e. The van der Waals surface area contributed by atoms with Gasteiger partial charge >= 0.3 is 0 Å². The van der Waals surface area contributed by atoms with Crippen LogP contribution in [0.25, 0.3) is 0 Å². The van der Waals surface area contributed by atoms with E-state index in [0.717, 1.165) is 19.3 Å². The topological polar surface area (TPSA) is 69.7 Å². The molecule has 0 saturated carbocycles. The van der Waals surface area contributed by atoms with E-state index < -0.39 is 0 Å².